The molecule has 0 aromatic carbocycles. The van der Waals surface area contributed by atoms with Gasteiger partial charge in [-0.2, -0.15) is 0 Å². The summed E-state index contributed by atoms with van der Waals surface area (Å²) in [5.74, 6) is 0. The van der Waals surface area contributed by atoms with Gasteiger partial charge < -0.3 is 5.32 Å². The summed E-state index contributed by atoms with van der Waals surface area (Å²) in [5, 5.41) is 2.95. The summed E-state index contributed by atoms with van der Waals surface area (Å²) in [7, 11) is -1.49. The number of allylic oxidation sites excluding steroid dienone is 1. The van der Waals surface area contributed by atoms with E-state index < -0.39 is 9.84 Å². The second kappa shape index (κ2) is 2.75. The van der Waals surface area contributed by atoms with Crippen molar-refractivity contribution < 1.29 is 8.42 Å². The fourth-order valence-corrected chi connectivity index (χ4v) is 1.87. The highest BCUT2D eigenvalue weighted by Gasteiger charge is 2.24. The molecule has 0 aliphatic carbocycles. The van der Waals surface area contributed by atoms with Crippen molar-refractivity contribution >= 4 is 14.9 Å². The van der Waals surface area contributed by atoms with Gasteiger partial charge in [0, 0.05) is 12.7 Å². The van der Waals surface area contributed by atoms with Gasteiger partial charge in [0.05, 0.1) is 4.91 Å². The summed E-state index contributed by atoms with van der Waals surface area (Å²) in [4.78, 5) is 4.09. The third-order valence-corrected chi connectivity index (χ3v) is 3.28. The Morgan fingerprint density at radius 1 is 1.64 bits per heavy atom. The van der Waals surface area contributed by atoms with E-state index in [9.17, 15) is 8.42 Å². The molecule has 1 aliphatic heterocycles. The van der Waals surface area contributed by atoms with E-state index in [0.717, 1.165) is 0 Å². The van der Waals surface area contributed by atoms with Crippen LogP contribution in [0.25, 0.3) is 0 Å². The summed E-state index contributed by atoms with van der Waals surface area (Å²) >= 11 is 0. The van der Waals surface area contributed by atoms with Crippen LogP contribution in [-0.2, 0) is 9.84 Å². The lowest BCUT2D eigenvalue weighted by atomic mass is 10.7. The van der Waals surface area contributed by atoms with Crippen molar-refractivity contribution in [3.8, 4) is 0 Å². The second-order valence-electron chi connectivity index (χ2n) is 2.30. The monoisotopic (exact) mass is 174 g/mol. The van der Waals surface area contributed by atoms with Crippen LogP contribution in [0.15, 0.2) is 16.1 Å². The van der Waals surface area contributed by atoms with E-state index in [0.29, 0.717) is 11.4 Å². The molecular weight excluding hydrogens is 164 g/mol. The second-order valence-corrected chi connectivity index (χ2v) is 4.42. The molecule has 1 heterocycles. The van der Waals surface area contributed by atoms with Crippen LogP contribution in [0.2, 0.25) is 0 Å². The SMILES string of the molecule is CNCC1=NC=C(C)S1(=O)=O. The molecule has 1 rings (SSSR count). The number of hydrogen-bond donors (Lipinski definition) is 1. The number of aliphatic imine (C=N–C) groups is 1. The highest BCUT2D eigenvalue weighted by Crippen LogP contribution is 2.15. The molecule has 0 aromatic heterocycles. The van der Waals surface area contributed by atoms with Crippen molar-refractivity contribution in [2.24, 2.45) is 4.99 Å². The average molecular weight is 174 g/mol. The first-order valence-corrected chi connectivity index (χ1v) is 4.70. The van der Waals surface area contributed by atoms with E-state index in [1.807, 2.05) is 0 Å². The van der Waals surface area contributed by atoms with Crippen molar-refractivity contribution in [1.29, 1.82) is 0 Å². The lowest BCUT2D eigenvalue weighted by molar-refractivity contribution is 0.612. The van der Waals surface area contributed by atoms with E-state index in [2.05, 4.69) is 10.3 Å². The van der Waals surface area contributed by atoms with E-state index in [1.165, 1.54) is 6.20 Å². The van der Waals surface area contributed by atoms with E-state index in [-0.39, 0.29) is 5.04 Å². The first-order valence-electron chi connectivity index (χ1n) is 3.22. The quantitative estimate of drug-likeness (QED) is 0.635. The molecule has 0 atom stereocenters. The Balaban J connectivity index is 2.93. The molecule has 62 valence electrons. The number of hydrogen-bond acceptors (Lipinski definition) is 4. The van der Waals surface area contributed by atoms with Crippen LogP contribution in [0.3, 0.4) is 0 Å². The number of sulfone groups is 1. The van der Waals surface area contributed by atoms with Crippen molar-refractivity contribution in [1.82, 2.24) is 5.32 Å². The van der Waals surface area contributed by atoms with Crippen molar-refractivity contribution in [2.75, 3.05) is 13.6 Å². The number of rotatable bonds is 2. The van der Waals surface area contributed by atoms with Crippen LogP contribution in [-0.4, -0.2) is 27.1 Å². The molecule has 1 N–H and O–H groups in total. The van der Waals surface area contributed by atoms with Gasteiger partial charge in [0.1, 0.15) is 0 Å². The van der Waals surface area contributed by atoms with Gasteiger partial charge in [0.2, 0.25) is 9.84 Å². The van der Waals surface area contributed by atoms with Crippen LogP contribution < -0.4 is 5.32 Å². The molecule has 0 spiro atoms. The molecule has 1 aliphatic rings. The summed E-state index contributed by atoms with van der Waals surface area (Å²) in [6.45, 7) is 1.84. The Morgan fingerprint density at radius 3 is 2.64 bits per heavy atom. The minimum atomic E-state index is -3.18. The first kappa shape index (κ1) is 8.42. The van der Waals surface area contributed by atoms with Crippen molar-refractivity contribution in [2.45, 2.75) is 6.92 Å². The highest BCUT2D eigenvalue weighted by molar-refractivity contribution is 8.10. The molecule has 4 nitrogen and oxygen atoms in total. The molecule has 0 radical (unpaired) electrons. The standard InChI is InChI=1S/C6H10N2O2S/c1-5-3-8-6(4-7-2)11(5,9)10/h3,7H,4H2,1-2H3. The van der Waals surface area contributed by atoms with Gasteiger partial charge in [-0.1, -0.05) is 0 Å². The number of nitrogens with one attached hydrogen (secondary N) is 1. The zero-order valence-corrected chi connectivity index (χ0v) is 7.27. The normalized spacial score (nSPS) is 21.3. The Hall–Kier alpha value is -0.680. The van der Waals surface area contributed by atoms with Crippen LogP contribution in [0.1, 0.15) is 6.92 Å². The Bertz CT molecular complexity index is 313. The van der Waals surface area contributed by atoms with Crippen LogP contribution in [0.4, 0.5) is 0 Å². The van der Waals surface area contributed by atoms with Crippen LogP contribution in [0, 0.1) is 0 Å². The molecular formula is C6H10N2O2S. The smallest absolute Gasteiger partial charge is 0.218 e. The zero-order chi connectivity index (χ0) is 8.48. The topological polar surface area (TPSA) is 58.5 Å². The van der Waals surface area contributed by atoms with Crippen molar-refractivity contribution in [3.63, 3.8) is 0 Å². The average Bonchev–Trinajstić information content (AvgIpc) is 2.16. The van der Waals surface area contributed by atoms with Gasteiger partial charge in [0.25, 0.3) is 0 Å². The predicted octanol–water partition coefficient (Wildman–Crippen LogP) is -0.106. The maximum atomic E-state index is 11.2. The van der Waals surface area contributed by atoms with E-state index >= 15 is 0 Å². The summed E-state index contributed by atoms with van der Waals surface area (Å²) in [6.07, 6.45) is 1.38. The molecule has 0 amide bonds. The molecule has 0 bridgehead atoms. The Kier molecular flexibility index (Phi) is 2.10. The maximum absolute atomic E-state index is 11.2. The summed E-state index contributed by atoms with van der Waals surface area (Å²) in [5.41, 5.74) is 0. The van der Waals surface area contributed by atoms with E-state index in [4.69, 9.17) is 0 Å². The fraction of sp³-hybridized carbons (Fsp3) is 0.500. The zero-order valence-electron chi connectivity index (χ0n) is 6.46. The molecule has 0 aromatic rings. The Labute approximate surface area is 65.9 Å². The fourth-order valence-electron chi connectivity index (χ4n) is 0.779. The van der Waals surface area contributed by atoms with Crippen molar-refractivity contribution in [3.05, 3.63) is 11.1 Å². The minimum Gasteiger partial charge on any atom is -0.314 e. The number of nitrogens with zero attached hydrogens (tertiary/aromatic N) is 1. The third kappa shape index (κ3) is 1.34. The van der Waals surface area contributed by atoms with E-state index in [1.54, 1.807) is 14.0 Å². The van der Waals surface area contributed by atoms with Gasteiger partial charge in [-0.05, 0) is 14.0 Å². The molecule has 5 heteroatoms. The molecule has 0 fully saturated rings. The van der Waals surface area contributed by atoms with Gasteiger partial charge in [-0.25, -0.2) is 13.4 Å². The van der Waals surface area contributed by atoms with Gasteiger partial charge in [-0.3, -0.25) is 0 Å². The van der Waals surface area contributed by atoms with Crippen LogP contribution >= 0.6 is 0 Å². The predicted molar refractivity (Wildman–Crippen MR) is 44.0 cm³/mol. The Morgan fingerprint density at radius 2 is 2.27 bits per heavy atom. The molecule has 0 saturated heterocycles. The van der Waals surface area contributed by atoms with Crippen LogP contribution in [0.5, 0.6) is 0 Å². The lowest BCUT2D eigenvalue weighted by Crippen LogP contribution is -2.24. The molecule has 0 saturated carbocycles. The lowest BCUT2D eigenvalue weighted by Gasteiger charge is -1.99. The molecule has 0 unspecified atom stereocenters. The van der Waals surface area contributed by atoms with Gasteiger partial charge >= 0.3 is 0 Å². The first-order chi connectivity index (χ1) is 5.09. The summed E-state index contributed by atoms with van der Waals surface area (Å²) in [6, 6.07) is 0. The third-order valence-electron chi connectivity index (χ3n) is 1.45. The highest BCUT2D eigenvalue weighted by atomic mass is 32.2. The summed E-state index contributed by atoms with van der Waals surface area (Å²) < 4.78 is 22.5. The van der Waals surface area contributed by atoms with Gasteiger partial charge in [0.15, 0.2) is 5.04 Å². The maximum Gasteiger partial charge on any atom is 0.218 e. The van der Waals surface area contributed by atoms with Gasteiger partial charge in [-0.15, -0.1) is 0 Å². The molecule has 11 heavy (non-hydrogen) atoms. The minimum absolute atomic E-state index is 0.206. The largest absolute Gasteiger partial charge is 0.314 e.